The van der Waals surface area contributed by atoms with E-state index in [1.165, 1.54) is 11.4 Å². The van der Waals surface area contributed by atoms with Gasteiger partial charge in [-0.2, -0.15) is 4.57 Å². The SMILES string of the molecule is C[n+]1ccccc1-c1cccc(-n2ccc[n+]2C)[n+]1C. The van der Waals surface area contributed by atoms with Crippen LogP contribution in [-0.2, 0) is 21.1 Å². The van der Waals surface area contributed by atoms with Crippen LogP contribution in [0.3, 0.4) is 0 Å². The van der Waals surface area contributed by atoms with Gasteiger partial charge in [-0.05, 0) is 22.9 Å². The van der Waals surface area contributed by atoms with Gasteiger partial charge in [-0.25, -0.2) is 4.57 Å². The monoisotopic (exact) mass is 267 g/mol. The molecule has 3 aromatic rings. The van der Waals surface area contributed by atoms with E-state index in [1.807, 2.05) is 25.4 Å². The van der Waals surface area contributed by atoms with Crippen LogP contribution in [0.2, 0.25) is 0 Å². The molecule has 0 bridgehead atoms. The molecule has 0 N–H and O–H groups in total. The average molecular weight is 267 g/mol. The van der Waals surface area contributed by atoms with Gasteiger partial charge in [0.25, 0.3) is 5.69 Å². The Morgan fingerprint density at radius 3 is 2.30 bits per heavy atom. The van der Waals surface area contributed by atoms with Crippen molar-refractivity contribution < 1.29 is 13.8 Å². The lowest BCUT2D eigenvalue weighted by atomic mass is 10.2. The zero-order chi connectivity index (χ0) is 14.1. The molecule has 0 atom stereocenters. The van der Waals surface area contributed by atoms with Gasteiger partial charge < -0.3 is 0 Å². The summed E-state index contributed by atoms with van der Waals surface area (Å²) in [5.74, 6) is 1.12. The van der Waals surface area contributed by atoms with Gasteiger partial charge in [0.05, 0.1) is 13.1 Å². The van der Waals surface area contributed by atoms with Crippen LogP contribution >= 0.6 is 0 Å². The van der Waals surface area contributed by atoms with E-state index in [1.54, 1.807) is 0 Å². The van der Waals surface area contributed by atoms with Crippen molar-refractivity contribution in [2.45, 2.75) is 0 Å². The van der Waals surface area contributed by atoms with Crippen molar-refractivity contribution >= 4 is 0 Å². The van der Waals surface area contributed by atoms with Gasteiger partial charge >= 0.3 is 5.82 Å². The third-order valence-electron chi connectivity index (χ3n) is 3.63. The molecule has 0 radical (unpaired) electrons. The van der Waals surface area contributed by atoms with Gasteiger partial charge in [-0.15, -0.1) is 0 Å². The van der Waals surface area contributed by atoms with Crippen LogP contribution in [-0.4, -0.2) is 4.68 Å². The lowest BCUT2D eigenvalue weighted by molar-refractivity contribution is -0.764. The minimum Gasteiger partial charge on any atom is -0.219 e. The summed E-state index contributed by atoms with van der Waals surface area (Å²) in [4.78, 5) is 0. The van der Waals surface area contributed by atoms with E-state index in [-0.39, 0.29) is 0 Å². The molecule has 4 nitrogen and oxygen atoms in total. The summed E-state index contributed by atoms with van der Waals surface area (Å²) in [7, 11) is 6.20. The molecule has 0 unspecified atom stereocenters. The first-order valence-corrected chi connectivity index (χ1v) is 6.66. The molecule has 0 saturated carbocycles. The van der Waals surface area contributed by atoms with Crippen LogP contribution in [0.15, 0.2) is 61.1 Å². The summed E-state index contributed by atoms with van der Waals surface area (Å²) < 4.78 is 8.51. The summed E-state index contributed by atoms with van der Waals surface area (Å²) in [6, 6.07) is 14.6. The van der Waals surface area contributed by atoms with Crippen molar-refractivity contribution in [3.63, 3.8) is 0 Å². The topological polar surface area (TPSA) is 16.6 Å². The third kappa shape index (κ3) is 1.99. The Balaban J connectivity index is 2.21. The van der Waals surface area contributed by atoms with E-state index < -0.39 is 0 Å². The fourth-order valence-electron chi connectivity index (χ4n) is 2.51. The summed E-state index contributed by atoms with van der Waals surface area (Å²) >= 11 is 0. The van der Waals surface area contributed by atoms with E-state index in [9.17, 15) is 0 Å². The number of pyridine rings is 2. The molecule has 0 saturated heterocycles. The molecule has 0 fully saturated rings. The second-order valence-corrected chi connectivity index (χ2v) is 4.93. The highest BCUT2D eigenvalue weighted by Crippen LogP contribution is 2.11. The number of aryl methyl sites for hydroxylation is 2. The van der Waals surface area contributed by atoms with E-state index in [0.29, 0.717) is 0 Å². The zero-order valence-corrected chi connectivity index (χ0v) is 12.1. The number of hydrogen-bond donors (Lipinski definition) is 0. The molecule has 20 heavy (non-hydrogen) atoms. The summed E-state index contributed by atoms with van der Waals surface area (Å²) in [5.41, 5.74) is 2.37. The summed E-state index contributed by atoms with van der Waals surface area (Å²) in [6.07, 6.45) is 6.16. The molecular formula is C16H19N4+3. The van der Waals surface area contributed by atoms with Crippen LogP contribution < -0.4 is 13.8 Å². The van der Waals surface area contributed by atoms with Gasteiger partial charge in [-0.3, -0.25) is 0 Å². The average Bonchev–Trinajstić information content (AvgIpc) is 2.86. The molecule has 100 valence electrons. The van der Waals surface area contributed by atoms with Crippen molar-refractivity contribution in [1.82, 2.24) is 4.68 Å². The van der Waals surface area contributed by atoms with Gasteiger partial charge in [0.2, 0.25) is 6.20 Å². The van der Waals surface area contributed by atoms with Crippen molar-refractivity contribution in [2.24, 2.45) is 21.1 Å². The predicted molar refractivity (Wildman–Crippen MR) is 74.7 cm³/mol. The Morgan fingerprint density at radius 2 is 1.60 bits per heavy atom. The maximum Gasteiger partial charge on any atom is 0.342 e. The lowest BCUT2D eigenvalue weighted by Crippen LogP contribution is -2.46. The molecule has 0 aliphatic heterocycles. The highest BCUT2D eigenvalue weighted by atomic mass is 15.4. The maximum absolute atomic E-state index is 2.20. The van der Waals surface area contributed by atoms with Crippen LogP contribution in [0.4, 0.5) is 0 Å². The smallest absolute Gasteiger partial charge is 0.219 e. The van der Waals surface area contributed by atoms with Crippen LogP contribution in [0.5, 0.6) is 0 Å². The Morgan fingerprint density at radius 1 is 0.800 bits per heavy atom. The molecule has 0 aliphatic rings. The van der Waals surface area contributed by atoms with Gasteiger partial charge in [0.15, 0.2) is 25.1 Å². The van der Waals surface area contributed by atoms with E-state index in [4.69, 9.17) is 0 Å². The van der Waals surface area contributed by atoms with Crippen molar-refractivity contribution in [1.29, 1.82) is 0 Å². The molecule has 4 heteroatoms. The Bertz CT molecular complexity index is 759. The largest absolute Gasteiger partial charge is 0.342 e. The van der Waals surface area contributed by atoms with Crippen LogP contribution in [0.25, 0.3) is 17.2 Å². The van der Waals surface area contributed by atoms with Crippen LogP contribution in [0, 0.1) is 0 Å². The number of hydrogen-bond acceptors (Lipinski definition) is 0. The summed E-state index contributed by atoms with van der Waals surface area (Å²) in [5, 5.41) is 0. The van der Waals surface area contributed by atoms with Crippen molar-refractivity contribution in [3.05, 3.63) is 61.1 Å². The molecule has 3 aromatic heterocycles. The number of nitrogens with zero attached hydrogens (tertiary/aromatic N) is 4. The molecule has 0 aromatic carbocycles. The van der Waals surface area contributed by atoms with Crippen molar-refractivity contribution in [3.8, 4) is 17.2 Å². The molecular weight excluding hydrogens is 248 g/mol. The molecule has 0 amide bonds. The van der Waals surface area contributed by atoms with Crippen LogP contribution in [0.1, 0.15) is 0 Å². The minimum absolute atomic E-state index is 1.12. The molecule has 3 rings (SSSR count). The Hall–Kier alpha value is -2.49. The van der Waals surface area contributed by atoms with Gasteiger partial charge in [0, 0.05) is 22.9 Å². The first-order chi connectivity index (χ1) is 9.68. The van der Waals surface area contributed by atoms with E-state index >= 15 is 0 Å². The molecule has 0 aliphatic carbocycles. The predicted octanol–water partition coefficient (Wildman–Crippen LogP) is 0.618. The first-order valence-electron chi connectivity index (χ1n) is 6.66. The summed E-state index contributed by atoms with van der Waals surface area (Å²) in [6.45, 7) is 0. The van der Waals surface area contributed by atoms with E-state index in [2.05, 4.69) is 75.3 Å². The highest BCUT2D eigenvalue weighted by Gasteiger charge is 2.23. The second kappa shape index (κ2) is 4.89. The normalized spacial score (nSPS) is 10.8. The Labute approximate surface area is 118 Å². The fourth-order valence-corrected chi connectivity index (χ4v) is 2.51. The van der Waals surface area contributed by atoms with Gasteiger partial charge in [0.1, 0.15) is 7.05 Å². The second-order valence-electron chi connectivity index (χ2n) is 4.93. The third-order valence-corrected chi connectivity index (χ3v) is 3.63. The standard InChI is InChI=1S/C16H19N4/c1-17-11-5-4-8-14(17)15-9-6-10-16(19(15)3)20-13-7-12-18(20)2/h4-13H,1-3H3/q+3. The molecule has 3 heterocycles. The Kier molecular flexibility index (Phi) is 3.06. The number of rotatable bonds is 2. The van der Waals surface area contributed by atoms with E-state index in [0.717, 1.165) is 5.82 Å². The lowest BCUT2D eigenvalue weighted by Gasteiger charge is -2.04. The van der Waals surface area contributed by atoms with Gasteiger partial charge in [-0.1, -0.05) is 0 Å². The molecule has 0 spiro atoms. The maximum atomic E-state index is 2.20. The first kappa shape index (κ1) is 12.5. The minimum atomic E-state index is 1.12. The quantitative estimate of drug-likeness (QED) is 0.605. The zero-order valence-electron chi connectivity index (χ0n) is 12.1. The number of aromatic nitrogens is 4. The fraction of sp³-hybridized carbons (Fsp3) is 0.188. The van der Waals surface area contributed by atoms with Crippen molar-refractivity contribution in [2.75, 3.05) is 0 Å². The highest BCUT2D eigenvalue weighted by molar-refractivity contribution is 5.46.